The minimum Gasteiger partial charge on any atom is -0.381 e. The first-order chi connectivity index (χ1) is 7.65. The first kappa shape index (κ1) is 11.9. The molecule has 1 saturated heterocycles. The fourth-order valence-corrected chi connectivity index (χ4v) is 2.39. The topological polar surface area (TPSA) is 64.4 Å². The Balaban J connectivity index is 1.79. The van der Waals surface area contributed by atoms with Gasteiger partial charge in [0.05, 0.1) is 5.54 Å². The van der Waals surface area contributed by atoms with Gasteiger partial charge in [0.1, 0.15) is 0 Å². The van der Waals surface area contributed by atoms with Crippen LogP contribution in [0.15, 0.2) is 0 Å². The molecule has 2 unspecified atom stereocenters. The molecule has 2 atom stereocenters. The zero-order chi connectivity index (χ0) is 11.6. The van der Waals surface area contributed by atoms with E-state index in [1.165, 1.54) is 12.8 Å². The van der Waals surface area contributed by atoms with Gasteiger partial charge >= 0.3 is 0 Å². The standard InChI is InChI=1S/C12H22N2O2/c1-2-3-9-8-10(9)14-11(15)12(13)4-6-16-7-5-12/h9-10H,2-8,13H2,1H3,(H,14,15). The first-order valence-corrected chi connectivity index (χ1v) is 6.33. The molecule has 1 aliphatic carbocycles. The predicted molar refractivity (Wildman–Crippen MR) is 61.9 cm³/mol. The maximum atomic E-state index is 12.0. The molecule has 1 aliphatic heterocycles. The van der Waals surface area contributed by atoms with Crippen LogP contribution in [0.3, 0.4) is 0 Å². The molecule has 4 heteroatoms. The smallest absolute Gasteiger partial charge is 0.240 e. The molecule has 0 bridgehead atoms. The number of ether oxygens (including phenoxy) is 1. The Labute approximate surface area is 96.9 Å². The van der Waals surface area contributed by atoms with Crippen molar-refractivity contribution in [1.29, 1.82) is 0 Å². The highest BCUT2D eigenvalue weighted by Crippen LogP contribution is 2.35. The summed E-state index contributed by atoms with van der Waals surface area (Å²) in [6.45, 7) is 3.39. The lowest BCUT2D eigenvalue weighted by Gasteiger charge is -2.31. The summed E-state index contributed by atoms with van der Waals surface area (Å²) in [6.07, 6.45) is 4.82. The van der Waals surface area contributed by atoms with E-state index < -0.39 is 5.54 Å². The van der Waals surface area contributed by atoms with Crippen LogP contribution in [0.25, 0.3) is 0 Å². The number of carbonyl (C=O) groups excluding carboxylic acids is 1. The summed E-state index contributed by atoms with van der Waals surface area (Å²) in [4.78, 5) is 12.0. The third-order valence-corrected chi connectivity index (χ3v) is 3.74. The van der Waals surface area contributed by atoms with E-state index in [0.29, 0.717) is 38.0 Å². The lowest BCUT2D eigenvalue weighted by molar-refractivity contribution is -0.130. The highest BCUT2D eigenvalue weighted by atomic mass is 16.5. The maximum Gasteiger partial charge on any atom is 0.240 e. The van der Waals surface area contributed by atoms with Crippen LogP contribution in [0.1, 0.15) is 39.0 Å². The van der Waals surface area contributed by atoms with Gasteiger partial charge in [-0.2, -0.15) is 0 Å². The van der Waals surface area contributed by atoms with Crippen molar-refractivity contribution in [2.24, 2.45) is 11.7 Å². The number of nitrogens with one attached hydrogen (secondary N) is 1. The summed E-state index contributed by atoms with van der Waals surface area (Å²) in [7, 11) is 0. The molecule has 1 heterocycles. The van der Waals surface area contributed by atoms with Crippen LogP contribution in [0.5, 0.6) is 0 Å². The van der Waals surface area contributed by atoms with Gasteiger partial charge in [-0.1, -0.05) is 13.3 Å². The second kappa shape index (κ2) is 4.72. The molecule has 1 amide bonds. The van der Waals surface area contributed by atoms with Crippen LogP contribution in [0.4, 0.5) is 0 Å². The SMILES string of the molecule is CCCC1CC1NC(=O)C1(N)CCOCC1. The third-order valence-electron chi connectivity index (χ3n) is 3.74. The van der Waals surface area contributed by atoms with Crippen molar-refractivity contribution >= 4 is 5.91 Å². The summed E-state index contributed by atoms with van der Waals surface area (Å²) < 4.78 is 5.24. The Kier molecular flexibility index (Phi) is 3.50. The van der Waals surface area contributed by atoms with Crippen LogP contribution in [-0.4, -0.2) is 30.7 Å². The predicted octanol–water partition coefficient (Wildman–Crippen LogP) is 0.799. The molecular formula is C12H22N2O2. The Morgan fingerprint density at radius 3 is 2.81 bits per heavy atom. The van der Waals surface area contributed by atoms with Crippen LogP contribution < -0.4 is 11.1 Å². The number of hydrogen-bond donors (Lipinski definition) is 2. The molecule has 3 N–H and O–H groups in total. The second-order valence-corrected chi connectivity index (χ2v) is 5.13. The van der Waals surface area contributed by atoms with Gasteiger partial charge in [0.2, 0.25) is 5.91 Å². The Bertz CT molecular complexity index is 262. The van der Waals surface area contributed by atoms with Crippen molar-refractivity contribution in [1.82, 2.24) is 5.32 Å². The monoisotopic (exact) mass is 226 g/mol. The number of amides is 1. The fraction of sp³-hybridized carbons (Fsp3) is 0.917. The lowest BCUT2D eigenvalue weighted by atomic mass is 9.90. The number of nitrogens with two attached hydrogens (primary N) is 1. The fourth-order valence-electron chi connectivity index (χ4n) is 2.39. The summed E-state index contributed by atoms with van der Waals surface area (Å²) in [5, 5.41) is 3.08. The highest BCUT2D eigenvalue weighted by Gasteiger charge is 2.42. The minimum atomic E-state index is -0.683. The average molecular weight is 226 g/mol. The molecule has 0 aromatic heterocycles. The van der Waals surface area contributed by atoms with Crippen molar-refractivity contribution in [2.75, 3.05) is 13.2 Å². The van der Waals surface area contributed by atoms with Gasteiger partial charge in [-0.05, 0) is 31.6 Å². The van der Waals surface area contributed by atoms with Crippen LogP contribution in [-0.2, 0) is 9.53 Å². The van der Waals surface area contributed by atoms with E-state index in [-0.39, 0.29) is 5.91 Å². The minimum absolute atomic E-state index is 0.0272. The molecule has 2 aliphatic rings. The normalized spacial score (nSPS) is 32.1. The molecule has 0 aromatic carbocycles. The quantitative estimate of drug-likeness (QED) is 0.745. The molecule has 92 valence electrons. The van der Waals surface area contributed by atoms with Gasteiger partial charge in [0.25, 0.3) is 0 Å². The van der Waals surface area contributed by atoms with Gasteiger partial charge in [0.15, 0.2) is 0 Å². The lowest BCUT2D eigenvalue weighted by Crippen LogP contribution is -2.57. The van der Waals surface area contributed by atoms with Crippen LogP contribution in [0.2, 0.25) is 0 Å². The van der Waals surface area contributed by atoms with Gasteiger partial charge in [-0.3, -0.25) is 4.79 Å². The molecule has 1 saturated carbocycles. The summed E-state index contributed by atoms with van der Waals surface area (Å²) in [5.74, 6) is 0.719. The summed E-state index contributed by atoms with van der Waals surface area (Å²) in [6, 6.07) is 0.385. The molecule has 2 fully saturated rings. The van der Waals surface area contributed by atoms with Crippen molar-refractivity contribution in [3.63, 3.8) is 0 Å². The molecule has 2 rings (SSSR count). The highest BCUT2D eigenvalue weighted by molar-refractivity contribution is 5.86. The second-order valence-electron chi connectivity index (χ2n) is 5.13. The maximum absolute atomic E-state index is 12.0. The van der Waals surface area contributed by atoms with E-state index in [2.05, 4.69) is 12.2 Å². The zero-order valence-electron chi connectivity index (χ0n) is 10.00. The van der Waals surface area contributed by atoms with E-state index >= 15 is 0 Å². The third kappa shape index (κ3) is 2.55. The van der Waals surface area contributed by atoms with Gasteiger partial charge in [0, 0.05) is 19.3 Å². The first-order valence-electron chi connectivity index (χ1n) is 6.33. The molecule has 0 spiro atoms. The molecule has 0 aromatic rings. The number of rotatable bonds is 4. The van der Waals surface area contributed by atoms with Gasteiger partial charge < -0.3 is 15.8 Å². The summed E-state index contributed by atoms with van der Waals surface area (Å²) in [5.41, 5.74) is 5.42. The largest absolute Gasteiger partial charge is 0.381 e. The van der Waals surface area contributed by atoms with Crippen molar-refractivity contribution in [2.45, 2.75) is 50.6 Å². The number of hydrogen-bond acceptors (Lipinski definition) is 3. The van der Waals surface area contributed by atoms with Crippen molar-refractivity contribution in [3.05, 3.63) is 0 Å². The van der Waals surface area contributed by atoms with E-state index in [4.69, 9.17) is 10.5 Å². The summed E-state index contributed by atoms with van der Waals surface area (Å²) >= 11 is 0. The van der Waals surface area contributed by atoms with Crippen molar-refractivity contribution in [3.8, 4) is 0 Å². The van der Waals surface area contributed by atoms with E-state index in [9.17, 15) is 4.79 Å². The van der Waals surface area contributed by atoms with Crippen LogP contribution >= 0.6 is 0 Å². The molecule has 0 radical (unpaired) electrons. The van der Waals surface area contributed by atoms with Gasteiger partial charge in [-0.25, -0.2) is 0 Å². The van der Waals surface area contributed by atoms with Crippen LogP contribution in [0, 0.1) is 5.92 Å². The average Bonchev–Trinajstić information content (AvgIpc) is 2.98. The van der Waals surface area contributed by atoms with Gasteiger partial charge in [-0.15, -0.1) is 0 Å². The Morgan fingerprint density at radius 2 is 2.19 bits per heavy atom. The van der Waals surface area contributed by atoms with Crippen molar-refractivity contribution < 1.29 is 9.53 Å². The molecular weight excluding hydrogens is 204 g/mol. The van der Waals surface area contributed by atoms with E-state index in [1.807, 2.05) is 0 Å². The molecule has 16 heavy (non-hydrogen) atoms. The van der Waals surface area contributed by atoms with E-state index in [1.54, 1.807) is 0 Å². The zero-order valence-corrected chi connectivity index (χ0v) is 10.00. The Morgan fingerprint density at radius 1 is 1.50 bits per heavy atom. The number of carbonyl (C=O) groups is 1. The molecule has 4 nitrogen and oxygen atoms in total. The Hall–Kier alpha value is -0.610. The van der Waals surface area contributed by atoms with E-state index in [0.717, 1.165) is 6.42 Å².